The molecule has 0 bridgehead atoms. The Morgan fingerprint density at radius 1 is 0.949 bits per heavy atom. The monoisotopic (exact) mass is 555 g/mol. The Balaban J connectivity index is 2.07. The van der Waals surface area contributed by atoms with Crippen molar-refractivity contribution >= 4 is 27.5 Å². The highest BCUT2D eigenvalue weighted by Crippen LogP contribution is 2.32. The molecule has 10 heteroatoms. The zero-order valence-corrected chi connectivity index (χ0v) is 23.2. The summed E-state index contributed by atoms with van der Waals surface area (Å²) < 4.78 is 49.0. The SMILES string of the molecule is CCCNC(=O)[C@H](C)N(Cc1ccccc1F)C(=O)CN(c1ccccc1OCC)S(=O)(=O)c1ccccc1. The summed E-state index contributed by atoms with van der Waals surface area (Å²) in [6, 6.07) is 19.2. The Morgan fingerprint density at radius 2 is 1.59 bits per heavy atom. The van der Waals surface area contributed by atoms with Crippen LogP contribution in [0.15, 0.2) is 83.8 Å². The van der Waals surface area contributed by atoms with Gasteiger partial charge in [0.2, 0.25) is 11.8 Å². The number of halogens is 1. The normalized spacial score (nSPS) is 11.9. The predicted octanol–water partition coefficient (Wildman–Crippen LogP) is 4.36. The molecule has 0 aliphatic heterocycles. The third-order valence-corrected chi connectivity index (χ3v) is 7.83. The van der Waals surface area contributed by atoms with Crippen LogP contribution in [0.25, 0.3) is 0 Å². The van der Waals surface area contributed by atoms with E-state index in [-0.39, 0.29) is 35.0 Å². The molecule has 0 saturated carbocycles. The van der Waals surface area contributed by atoms with E-state index >= 15 is 0 Å². The van der Waals surface area contributed by atoms with Crippen LogP contribution in [0.1, 0.15) is 32.8 Å². The quantitative estimate of drug-likeness (QED) is 0.338. The molecule has 208 valence electrons. The van der Waals surface area contributed by atoms with Gasteiger partial charge in [-0.3, -0.25) is 13.9 Å². The number of carbonyl (C=O) groups excluding carboxylic acids is 2. The third kappa shape index (κ3) is 7.35. The molecule has 3 aromatic carbocycles. The summed E-state index contributed by atoms with van der Waals surface area (Å²) in [6.45, 7) is 5.02. The van der Waals surface area contributed by atoms with Crippen molar-refractivity contribution in [1.82, 2.24) is 10.2 Å². The van der Waals surface area contributed by atoms with Crippen LogP contribution < -0.4 is 14.4 Å². The van der Waals surface area contributed by atoms with Crippen molar-refractivity contribution in [2.75, 3.05) is 24.0 Å². The lowest BCUT2D eigenvalue weighted by Gasteiger charge is -2.32. The number of benzene rings is 3. The zero-order chi connectivity index (χ0) is 28.4. The summed E-state index contributed by atoms with van der Waals surface area (Å²) in [5.41, 5.74) is 0.374. The Bertz CT molecular complexity index is 1370. The van der Waals surface area contributed by atoms with Crippen LogP contribution in [0.2, 0.25) is 0 Å². The van der Waals surface area contributed by atoms with E-state index in [1.165, 1.54) is 42.2 Å². The molecule has 8 nitrogen and oxygen atoms in total. The number of nitrogens with zero attached hydrogens (tertiary/aromatic N) is 2. The number of hydrogen-bond donors (Lipinski definition) is 1. The van der Waals surface area contributed by atoms with Gasteiger partial charge < -0.3 is 15.0 Å². The van der Waals surface area contributed by atoms with Crippen molar-refractivity contribution in [3.05, 3.63) is 90.2 Å². The van der Waals surface area contributed by atoms with Crippen LogP contribution in [0.4, 0.5) is 10.1 Å². The van der Waals surface area contributed by atoms with Gasteiger partial charge in [-0.2, -0.15) is 0 Å². The van der Waals surface area contributed by atoms with Crippen molar-refractivity contribution in [2.45, 2.75) is 44.7 Å². The van der Waals surface area contributed by atoms with E-state index < -0.39 is 40.2 Å². The minimum absolute atomic E-state index is 0.0153. The van der Waals surface area contributed by atoms with E-state index in [4.69, 9.17) is 4.74 Å². The molecular formula is C29H34FN3O5S. The maximum absolute atomic E-state index is 14.6. The number of amides is 2. The molecular weight excluding hydrogens is 521 g/mol. The summed E-state index contributed by atoms with van der Waals surface area (Å²) in [5.74, 6) is -1.36. The molecule has 0 heterocycles. The number of nitrogens with one attached hydrogen (secondary N) is 1. The van der Waals surface area contributed by atoms with Crippen molar-refractivity contribution in [1.29, 1.82) is 0 Å². The molecule has 0 aliphatic carbocycles. The van der Waals surface area contributed by atoms with Crippen LogP contribution in [0.5, 0.6) is 5.75 Å². The predicted molar refractivity (Wildman–Crippen MR) is 148 cm³/mol. The Labute approximate surface area is 229 Å². The van der Waals surface area contributed by atoms with Gasteiger partial charge in [0.25, 0.3) is 10.0 Å². The molecule has 2 amide bonds. The third-order valence-electron chi connectivity index (χ3n) is 6.06. The Morgan fingerprint density at radius 3 is 2.26 bits per heavy atom. The van der Waals surface area contributed by atoms with Gasteiger partial charge in [-0.05, 0) is 50.6 Å². The molecule has 39 heavy (non-hydrogen) atoms. The van der Waals surface area contributed by atoms with Crippen molar-refractivity contribution in [3.63, 3.8) is 0 Å². The smallest absolute Gasteiger partial charge is 0.264 e. The maximum atomic E-state index is 14.6. The van der Waals surface area contributed by atoms with E-state index in [2.05, 4.69) is 5.32 Å². The molecule has 0 aliphatic rings. The molecule has 0 radical (unpaired) electrons. The number of hydrogen-bond acceptors (Lipinski definition) is 5. The zero-order valence-electron chi connectivity index (χ0n) is 22.3. The molecule has 0 saturated heterocycles. The highest BCUT2D eigenvalue weighted by atomic mass is 32.2. The van der Waals surface area contributed by atoms with Gasteiger partial charge in [0.1, 0.15) is 24.2 Å². The summed E-state index contributed by atoms with van der Waals surface area (Å²) >= 11 is 0. The standard InChI is InChI=1S/C29H34FN3O5S/c1-4-19-31-29(35)22(3)32(20-23-13-9-10-16-25(23)30)28(34)21-33(26-17-11-12-18-27(26)38-5-2)39(36,37)24-14-7-6-8-15-24/h6-18,22H,4-5,19-21H2,1-3H3,(H,31,35)/t22-/m0/s1. The second-order valence-corrected chi connectivity index (χ2v) is 10.7. The number of rotatable bonds is 13. The topological polar surface area (TPSA) is 96.0 Å². The van der Waals surface area contributed by atoms with Crippen LogP contribution in [0.3, 0.4) is 0 Å². The van der Waals surface area contributed by atoms with E-state index in [9.17, 15) is 22.4 Å². The molecule has 1 N–H and O–H groups in total. The van der Waals surface area contributed by atoms with Gasteiger partial charge >= 0.3 is 0 Å². The minimum atomic E-state index is -4.23. The summed E-state index contributed by atoms with van der Waals surface area (Å²) in [4.78, 5) is 28.0. The van der Waals surface area contributed by atoms with Crippen molar-refractivity contribution < 1.29 is 27.1 Å². The van der Waals surface area contributed by atoms with E-state index in [1.54, 1.807) is 55.5 Å². The summed E-state index contributed by atoms with van der Waals surface area (Å²) in [5, 5.41) is 2.76. The fourth-order valence-corrected chi connectivity index (χ4v) is 5.41. The number of sulfonamides is 1. The van der Waals surface area contributed by atoms with Crippen molar-refractivity contribution in [2.24, 2.45) is 0 Å². The highest BCUT2D eigenvalue weighted by Gasteiger charge is 2.34. The van der Waals surface area contributed by atoms with E-state index in [0.29, 0.717) is 13.0 Å². The average Bonchev–Trinajstić information content (AvgIpc) is 2.94. The number of para-hydroxylation sites is 2. The van der Waals surface area contributed by atoms with E-state index in [1.807, 2.05) is 6.92 Å². The number of ether oxygens (including phenoxy) is 1. The largest absolute Gasteiger partial charge is 0.492 e. The lowest BCUT2D eigenvalue weighted by molar-refractivity contribution is -0.139. The number of anilines is 1. The van der Waals surface area contributed by atoms with Crippen LogP contribution in [-0.2, 0) is 26.2 Å². The minimum Gasteiger partial charge on any atom is -0.492 e. The van der Waals surface area contributed by atoms with Crippen molar-refractivity contribution in [3.8, 4) is 5.75 Å². The van der Waals surface area contributed by atoms with Crippen LogP contribution >= 0.6 is 0 Å². The fourth-order valence-electron chi connectivity index (χ4n) is 3.96. The number of carbonyl (C=O) groups is 2. The lowest BCUT2D eigenvalue weighted by Crippen LogP contribution is -2.51. The highest BCUT2D eigenvalue weighted by molar-refractivity contribution is 7.92. The Kier molecular flexibility index (Phi) is 10.4. The maximum Gasteiger partial charge on any atom is 0.264 e. The van der Waals surface area contributed by atoms with Gasteiger partial charge in [0.15, 0.2) is 0 Å². The van der Waals surface area contributed by atoms with Gasteiger partial charge in [0, 0.05) is 18.7 Å². The summed E-state index contributed by atoms with van der Waals surface area (Å²) in [6.07, 6.45) is 0.691. The second-order valence-electron chi connectivity index (χ2n) is 8.81. The molecule has 0 fully saturated rings. The van der Waals surface area contributed by atoms with Gasteiger partial charge in [0.05, 0.1) is 17.2 Å². The van der Waals surface area contributed by atoms with Crippen LogP contribution in [-0.4, -0.2) is 50.9 Å². The first-order valence-corrected chi connectivity index (χ1v) is 14.2. The molecule has 0 unspecified atom stereocenters. The summed E-state index contributed by atoms with van der Waals surface area (Å²) in [7, 11) is -4.23. The van der Waals surface area contributed by atoms with E-state index in [0.717, 1.165) is 4.31 Å². The van der Waals surface area contributed by atoms with Gasteiger partial charge in [-0.1, -0.05) is 55.5 Å². The lowest BCUT2D eigenvalue weighted by atomic mass is 10.1. The first-order chi connectivity index (χ1) is 18.7. The molecule has 3 aromatic rings. The molecule has 0 spiro atoms. The second kappa shape index (κ2) is 13.7. The molecule has 3 rings (SSSR count). The first kappa shape index (κ1) is 29.6. The Hall–Kier alpha value is -3.92. The van der Waals surface area contributed by atoms with Crippen LogP contribution in [0, 0.1) is 5.82 Å². The average molecular weight is 556 g/mol. The van der Waals surface area contributed by atoms with Gasteiger partial charge in [-0.25, -0.2) is 12.8 Å². The fraction of sp³-hybridized carbons (Fsp3) is 0.310. The molecule has 0 aromatic heterocycles. The molecule has 1 atom stereocenters. The van der Waals surface area contributed by atoms with Gasteiger partial charge in [-0.15, -0.1) is 0 Å². The first-order valence-electron chi connectivity index (χ1n) is 12.8.